The van der Waals surface area contributed by atoms with Gasteiger partial charge in [-0.2, -0.15) is 0 Å². The first-order valence-electron chi connectivity index (χ1n) is 7.78. The summed E-state index contributed by atoms with van der Waals surface area (Å²) in [5.74, 6) is 0.924. The Morgan fingerprint density at radius 3 is 2.76 bits per heavy atom. The van der Waals surface area contributed by atoms with Crippen LogP contribution in [0.15, 0.2) is 40.5 Å². The van der Waals surface area contributed by atoms with E-state index in [9.17, 15) is 4.79 Å². The van der Waals surface area contributed by atoms with Crippen LogP contribution in [0.25, 0.3) is 0 Å². The third kappa shape index (κ3) is 2.95. The zero-order valence-corrected chi connectivity index (χ0v) is 14.6. The molecule has 2 aliphatic rings. The predicted molar refractivity (Wildman–Crippen MR) is 94.6 cm³/mol. The molecule has 0 spiro atoms. The van der Waals surface area contributed by atoms with Crippen LogP contribution in [-0.4, -0.2) is 29.3 Å². The molecule has 3 heteroatoms. The standard InChI is InChI=1S/C18H22INO/c1-13(21)18-16(14-6-3-2-4-7-14)12-15-8-9-17(18)20(15)11-5-10-19/h2-7,10,15-18H,8-9,11-12H2,1H3/t15?,16-,17?,18+/m0/s1. The SMILES string of the molecule is CC(=O)[C@H]1C2CCC(C[C@H]1c1ccccc1)N2CC=CI. The molecule has 1 aromatic carbocycles. The number of piperidine rings is 1. The van der Waals surface area contributed by atoms with Crippen LogP contribution in [0, 0.1) is 5.92 Å². The molecule has 2 aliphatic heterocycles. The van der Waals surface area contributed by atoms with Crippen molar-refractivity contribution in [2.75, 3.05) is 6.54 Å². The minimum Gasteiger partial charge on any atom is -0.300 e. The summed E-state index contributed by atoms with van der Waals surface area (Å²) < 4.78 is 2.09. The highest BCUT2D eigenvalue weighted by Crippen LogP contribution is 2.47. The van der Waals surface area contributed by atoms with Crippen LogP contribution >= 0.6 is 22.6 Å². The van der Waals surface area contributed by atoms with Crippen molar-refractivity contribution in [1.82, 2.24) is 4.90 Å². The van der Waals surface area contributed by atoms with Gasteiger partial charge >= 0.3 is 0 Å². The van der Waals surface area contributed by atoms with E-state index in [0.717, 1.165) is 13.0 Å². The lowest BCUT2D eigenvalue weighted by atomic mass is 9.74. The molecule has 2 unspecified atom stereocenters. The number of rotatable bonds is 4. The molecule has 1 aromatic rings. The lowest BCUT2D eigenvalue weighted by molar-refractivity contribution is -0.125. The number of ketones is 1. The summed E-state index contributed by atoms with van der Waals surface area (Å²) in [7, 11) is 0. The molecule has 0 radical (unpaired) electrons. The fourth-order valence-corrected chi connectivity index (χ4v) is 4.58. The lowest BCUT2D eigenvalue weighted by Gasteiger charge is -2.43. The number of nitrogens with zero attached hydrogens (tertiary/aromatic N) is 1. The number of halogens is 1. The van der Waals surface area contributed by atoms with Gasteiger partial charge in [0.1, 0.15) is 5.78 Å². The van der Waals surface area contributed by atoms with E-state index in [2.05, 4.69) is 68.0 Å². The Labute approximate surface area is 140 Å². The maximum atomic E-state index is 12.3. The third-order valence-corrected chi connectivity index (χ3v) is 5.68. The molecule has 4 atom stereocenters. The first-order chi connectivity index (χ1) is 10.2. The smallest absolute Gasteiger partial charge is 0.135 e. The van der Waals surface area contributed by atoms with E-state index in [-0.39, 0.29) is 5.92 Å². The number of hydrogen-bond donors (Lipinski definition) is 0. The van der Waals surface area contributed by atoms with Crippen LogP contribution < -0.4 is 0 Å². The molecule has 2 heterocycles. The van der Waals surface area contributed by atoms with E-state index in [1.807, 2.05) is 0 Å². The Kier molecular flexibility index (Phi) is 4.79. The van der Waals surface area contributed by atoms with E-state index in [0.29, 0.717) is 23.8 Å². The van der Waals surface area contributed by atoms with Gasteiger partial charge in [0, 0.05) is 24.5 Å². The van der Waals surface area contributed by atoms with Crippen molar-refractivity contribution in [3.05, 3.63) is 46.1 Å². The van der Waals surface area contributed by atoms with Gasteiger partial charge in [-0.25, -0.2) is 0 Å². The summed E-state index contributed by atoms with van der Waals surface area (Å²) >= 11 is 2.28. The largest absolute Gasteiger partial charge is 0.300 e. The Bertz CT molecular complexity index is 527. The fourth-order valence-electron chi connectivity index (χ4n) is 4.36. The van der Waals surface area contributed by atoms with E-state index in [1.165, 1.54) is 18.4 Å². The minimum absolute atomic E-state index is 0.161. The average molecular weight is 395 g/mol. The molecule has 0 amide bonds. The highest BCUT2D eigenvalue weighted by molar-refractivity contribution is 14.1. The van der Waals surface area contributed by atoms with Gasteiger partial charge in [-0.3, -0.25) is 9.69 Å². The molecule has 2 saturated heterocycles. The average Bonchev–Trinajstić information content (AvgIpc) is 2.76. The number of benzene rings is 1. The Balaban J connectivity index is 1.90. The molecular weight excluding hydrogens is 373 g/mol. The zero-order valence-electron chi connectivity index (χ0n) is 12.4. The Morgan fingerprint density at radius 2 is 2.10 bits per heavy atom. The summed E-state index contributed by atoms with van der Waals surface area (Å²) in [6.45, 7) is 2.77. The topological polar surface area (TPSA) is 20.3 Å². The van der Waals surface area contributed by atoms with Crippen molar-refractivity contribution in [3.8, 4) is 0 Å². The summed E-state index contributed by atoms with van der Waals surface area (Å²) in [4.78, 5) is 14.9. The first-order valence-corrected chi connectivity index (χ1v) is 9.03. The number of fused-ring (bicyclic) bond motifs is 2. The second-order valence-corrected chi connectivity index (χ2v) is 6.97. The Morgan fingerprint density at radius 1 is 1.33 bits per heavy atom. The number of hydrogen-bond acceptors (Lipinski definition) is 2. The maximum Gasteiger partial charge on any atom is 0.135 e. The highest BCUT2D eigenvalue weighted by atomic mass is 127. The Hall–Kier alpha value is -0.680. The number of Topliss-reactive ketones (excluding diaryl/α,β-unsaturated/α-hetero) is 1. The van der Waals surface area contributed by atoms with Crippen LogP contribution in [0.1, 0.15) is 37.7 Å². The van der Waals surface area contributed by atoms with E-state index in [1.54, 1.807) is 6.92 Å². The van der Waals surface area contributed by atoms with Gasteiger partial charge in [-0.1, -0.05) is 59.0 Å². The quantitative estimate of drug-likeness (QED) is 0.714. The van der Waals surface area contributed by atoms with Crippen LogP contribution in [0.3, 0.4) is 0 Å². The van der Waals surface area contributed by atoms with Gasteiger partial charge in [0.05, 0.1) is 0 Å². The maximum absolute atomic E-state index is 12.3. The van der Waals surface area contributed by atoms with Gasteiger partial charge in [0.2, 0.25) is 0 Å². The van der Waals surface area contributed by atoms with Crippen molar-refractivity contribution in [2.24, 2.45) is 5.92 Å². The van der Waals surface area contributed by atoms with Gasteiger partial charge in [0.15, 0.2) is 0 Å². The summed E-state index contributed by atoms with van der Waals surface area (Å²) in [6.07, 6.45) is 5.76. The second-order valence-electron chi connectivity index (χ2n) is 6.25. The number of carbonyl (C=O) groups is 1. The molecule has 0 aromatic heterocycles. The van der Waals surface area contributed by atoms with Gasteiger partial charge in [-0.15, -0.1) is 0 Å². The van der Waals surface area contributed by atoms with Gasteiger partial charge in [-0.05, 0) is 41.8 Å². The summed E-state index contributed by atoms with van der Waals surface area (Å²) in [6, 6.07) is 11.7. The van der Waals surface area contributed by atoms with Crippen molar-refractivity contribution in [3.63, 3.8) is 0 Å². The van der Waals surface area contributed by atoms with Crippen LogP contribution in [0.5, 0.6) is 0 Å². The molecule has 0 saturated carbocycles. The van der Waals surface area contributed by atoms with E-state index in [4.69, 9.17) is 0 Å². The predicted octanol–water partition coefficient (Wildman–Crippen LogP) is 4.16. The summed E-state index contributed by atoms with van der Waals surface area (Å²) in [5.41, 5.74) is 1.35. The van der Waals surface area contributed by atoms with Crippen molar-refractivity contribution < 1.29 is 4.79 Å². The molecule has 2 bridgehead atoms. The van der Waals surface area contributed by atoms with E-state index >= 15 is 0 Å². The van der Waals surface area contributed by atoms with Crippen molar-refractivity contribution in [2.45, 2.75) is 44.2 Å². The number of carbonyl (C=O) groups excluding carboxylic acids is 1. The molecular formula is C18H22INO. The molecule has 2 nitrogen and oxygen atoms in total. The molecule has 0 N–H and O–H groups in total. The molecule has 21 heavy (non-hydrogen) atoms. The highest BCUT2D eigenvalue weighted by Gasteiger charge is 2.48. The van der Waals surface area contributed by atoms with Gasteiger partial charge < -0.3 is 0 Å². The molecule has 112 valence electrons. The lowest BCUT2D eigenvalue weighted by Crippen LogP contribution is -2.50. The van der Waals surface area contributed by atoms with E-state index < -0.39 is 0 Å². The normalized spacial score (nSPS) is 32.7. The second kappa shape index (κ2) is 6.61. The minimum atomic E-state index is 0.161. The van der Waals surface area contributed by atoms with Gasteiger partial charge in [0.25, 0.3) is 0 Å². The molecule has 3 rings (SSSR count). The van der Waals surface area contributed by atoms with Crippen LogP contribution in [0.4, 0.5) is 0 Å². The summed E-state index contributed by atoms with van der Waals surface area (Å²) in [5, 5.41) is 0. The molecule has 0 aliphatic carbocycles. The molecule has 2 fully saturated rings. The van der Waals surface area contributed by atoms with Crippen LogP contribution in [0.2, 0.25) is 0 Å². The third-order valence-electron chi connectivity index (χ3n) is 5.17. The van der Waals surface area contributed by atoms with Crippen molar-refractivity contribution >= 4 is 28.4 Å². The monoisotopic (exact) mass is 395 g/mol. The zero-order chi connectivity index (χ0) is 14.8. The van der Waals surface area contributed by atoms with Crippen molar-refractivity contribution in [1.29, 1.82) is 0 Å². The first kappa shape index (κ1) is 15.2. The fraction of sp³-hybridized carbons (Fsp3) is 0.500. The van der Waals surface area contributed by atoms with Crippen LogP contribution in [-0.2, 0) is 4.79 Å².